The minimum Gasteiger partial charge on any atom is -0.385 e. The van der Waals surface area contributed by atoms with E-state index in [9.17, 15) is 4.79 Å². The molecule has 2 N–H and O–H groups in total. The first kappa shape index (κ1) is 14.3. The van der Waals surface area contributed by atoms with Crippen LogP contribution in [-0.2, 0) is 11.3 Å². The molecular formula is C11H18BrN3O2. The molecule has 1 rings (SSSR count). The lowest BCUT2D eigenvalue weighted by Gasteiger charge is -2.12. The van der Waals surface area contributed by atoms with Crippen LogP contribution in [0, 0.1) is 0 Å². The highest BCUT2D eigenvalue weighted by molar-refractivity contribution is 9.10. The van der Waals surface area contributed by atoms with Gasteiger partial charge in [-0.3, -0.25) is 9.48 Å². The topological polar surface area (TPSA) is 70.1 Å². The normalized spacial score (nSPS) is 12.7. The Morgan fingerprint density at radius 3 is 3.00 bits per heavy atom. The number of ether oxygens (including phenoxy) is 1. The molecule has 1 unspecified atom stereocenters. The Morgan fingerprint density at radius 1 is 1.71 bits per heavy atom. The molecule has 5 nitrogen and oxygen atoms in total. The molecule has 1 heterocycles. The third kappa shape index (κ3) is 3.62. The molecule has 0 aromatic carbocycles. The SMILES string of the molecule is CCCn1ncc(Br)c1C(=O)C(N)CCOC. The smallest absolute Gasteiger partial charge is 0.198 e. The van der Waals surface area contributed by atoms with Gasteiger partial charge in [-0.15, -0.1) is 0 Å². The van der Waals surface area contributed by atoms with Gasteiger partial charge in [0.15, 0.2) is 5.78 Å². The maximum absolute atomic E-state index is 12.2. The predicted octanol–water partition coefficient (Wildman–Crippen LogP) is 1.60. The molecule has 17 heavy (non-hydrogen) atoms. The van der Waals surface area contributed by atoms with Crippen molar-refractivity contribution in [3.63, 3.8) is 0 Å². The summed E-state index contributed by atoms with van der Waals surface area (Å²) in [6.07, 6.45) is 3.06. The molecule has 1 atom stereocenters. The number of rotatable bonds is 7. The van der Waals surface area contributed by atoms with Crippen molar-refractivity contribution in [1.82, 2.24) is 9.78 Å². The highest BCUT2D eigenvalue weighted by atomic mass is 79.9. The zero-order chi connectivity index (χ0) is 12.8. The van der Waals surface area contributed by atoms with Crippen molar-refractivity contribution in [2.75, 3.05) is 13.7 Å². The lowest BCUT2D eigenvalue weighted by atomic mass is 10.1. The summed E-state index contributed by atoms with van der Waals surface area (Å²) in [6.45, 7) is 3.23. The van der Waals surface area contributed by atoms with E-state index in [1.54, 1.807) is 18.0 Å². The van der Waals surface area contributed by atoms with Crippen LogP contribution < -0.4 is 5.73 Å². The number of halogens is 1. The van der Waals surface area contributed by atoms with Crippen LogP contribution in [0.4, 0.5) is 0 Å². The van der Waals surface area contributed by atoms with Crippen LogP contribution in [-0.4, -0.2) is 35.3 Å². The molecule has 1 aromatic rings. The van der Waals surface area contributed by atoms with Gasteiger partial charge in [-0.05, 0) is 28.8 Å². The van der Waals surface area contributed by atoms with E-state index in [0.717, 1.165) is 6.42 Å². The van der Waals surface area contributed by atoms with Crippen LogP contribution in [0.2, 0.25) is 0 Å². The Hall–Kier alpha value is -0.720. The number of methoxy groups -OCH3 is 1. The van der Waals surface area contributed by atoms with Crippen molar-refractivity contribution in [3.8, 4) is 0 Å². The molecule has 0 radical (unpaired) electrons. The van der Waals surface area contributed by atoms with Crippen LogP contribution in [0.3, 0.4) is 0 Å². The van der Waals surface area contributed by atoms with Gasteiger partial charge in [0.05, 0.1) is 16.7 Å². The molecule has 1 aromatic heterocycles. The summed E-state index contributed by atoms with van der Waals surface area (Å²) in [5, 5.41) is 4.15. The number of Topliss-reactive ketones (excluding diaryl/α,β-unsaturated/α-hetero) is 1. The van der Waals surface area contributed by atoms with Crippen molar-refractivity contribution in [1.29, 1.82) is 0 Å². The highest BCUT2D eigenvalue weighted by Crippen LogP contribution is 2.18. The Bertz CT molecular complexity index is 379. The molecular weight excluding hydrogens is 286 g/mol. The molecule has 0 aliphatic heterocycles. The van der Waals surface area contributed by atoms with Gasteiger partial charge in [0, 0.05) is 20.3 Å². The molecule has 0 spiro atoms. The number of ketones is 1. The van der Waals surface area contributed by atoms with E-state index >= 15 is 0 Å². The van der Waals surface area contributed by atoms with E-state index in [1.807, 2.05) is 6.92 Å². The largest absolute Gasteiger partial charge is 0.385 e. The number of aromatic nitrogens is 2. The van der Waals surface area contributed by atoms with Gasteiger partial charge in [0.2, 0.25) is 0 Å². The van der Waals surface area contributed by atoms with E-state index in [-0.39, 0.29) is 5.78 Å². The fourth-order valence-corrected chi connectivity index (χ4v) is 2.03. The van der Waals surface area contributed by atoms with Gasteiger partial charge in [0.25, 0.3) is 0 Å². The summed E-state index contributed by atoms with van der Waals surface area (Å²) >= 11 is 3.33. The standard InChI is InChI=1S/C11H18BrN3O2/c1-3-5-15-10(8(12)7-14-15)11(16)9(13)4-6-17-2/h7,9H,3-6,13H2,1-2H3. The minimum atomic E-state index is -0.543. The zero-order valence-electron chi connectivity index (χ0n) is 10.1. The van der Waals surface area contributed by atoms with E-state index in [0.29, 0.717) is 29.7 Å². The number of aryl methyl sites for hydroxylation is 1. The Kier molecular flexibility index (Phi) is 5.80. The van der Waals surface area contributed by atoms with Gasteiger partial charge < -0.3 is 10.5 Å². The average Bonchev–Trinajstić information content (AvgIpc) is 2.67. The second-order valence-electron chi connectivity index (χ2n) is 3.82. The second-order valence-corrected chi connectivity index (χ2v) is 4.67. The van der Waals surface area contributed by atoms with Crippen LogP contribution in [0.1, 0.15) is 30.3 Å². The maximum Gasteiger partial charge on any atom is 0.198 e. The van der Waals surface area contributed by atoms with Crippen molar-refractivity contribution < 1.29 is 9.53 Å². The van der Waals surface area contributed by atoms with Gasteiger partial charge in [-0.2, -0.15) is 5.10 Å². The Morgan fingerprint density at radius 2 is 2.41 bits per heavy atom. The summed E-state index contributed by atoms with van der Waals surface area (Å²) in [5.74, 6) is -0.0973. The van der Waals surface area contributed by atoms with Gasteiger partial charge in [0.1, 0.15) is 5.69 Å². The average molecular weight is 304 g/mol. The van der Waals surface area contributed by atoms with E-state index in [2.05, 4.69) is 21.0 Å². The minimum absolute atomic E-state index is 0.0973. The zero-order valence-corrected chi connectivity index (χ0v) is 11.7. The molecule has 6 heteroatoms. The van der Waals surface area contributed by atoms with Crippen LogP contribution in [0.25, 0.3) is 0 Å². The summed E-state index contributed by atoms with van der Waals surface area (Å²) in [4.78, 5) is 12.2. The summed E-state index contributed by atoms with van der Waals surface area (Å²) < 4.78 is 7.31. The van der Waals surface area contributed by atoms with Gasteiger partial charge >= 0.3 is 0 Å². The maximum atomic E-state index is 12.2. The Balaban J connectivity index is 2.83. The summed E-state index contributed by atoms with van der Waals surface area (Å²) in [5.41, 5.74) is 6.39. The first-order valence-electron chi connectivity index (χ1n) is 5.61. The molecule has 0 aliphatic rings. The van der Waals surface area contributed by atoms with Gasteiger partial charge in [-0.25, -0.2) is 0 Å². The number of nitrogens with two attached hydrogens (primary N) is 1. The fourth-order valence-electron chi connectivity index (χ4n) is 1.54. The number of hydrogen-bond donors (Lipinski definition) is 1. The molecule has 0 aliphatic carbocycles. The van der Waals surface area contributed by atoms with Crippen molar-refractivity contribution in [2.24, 2.45) is 5.73 Å². The van der Waals surface area contributed by atoms with Crippen LogP contribution >= 0.6 is 15.9 Å². The third-order valence-corrected chi connectivity index (χ3v) is 3.01. The molecule has 0 amide bonds. The number of carbonyl (C=O) groups is 1. The predicted molar refractivity (Wildman–Crippen MR) is 69.0 cm³/mol. The molecule has 0 bridgehead atoms. The first-order chi connectivity index (χ1) is 8.11. The second kappa shape index (κ2) is 6.88. The molecule has 0 fully saturated rings. The van der Waals surface area contributed by atoms with E-state index in [4.69, 9.17) is 10.5 Å². The van der Waals surface area contributed by atoms with E-state index in [1.165, 1.54) is 0 Å². The van der Waals surface area contributed by atoms with Crippen molar-refractivity contribution in [3.05, 3.63) is 16.4 Å². The first-order valence-corrected chi connectivity index (χ1v) is 6.41. The van der Waals surface area contributed by atoms with Crippen molar-refractivity contribution in [2.45, 2.75) is 32.4 Å². The monoisotopic (exact) mass is 303 g/mol. The van der Waals surface area contributed by atoms with Crippen LogP contribution in [0.5, 0.6) is 0 Å². The number of nitrogens with zero attached hydrogens (tertiary/aromatic N) is 2. The third-order valence-electron chi connectivity index (χ3n) is 2.43. The lowest BCUT2D eigenvalue weighted by molar-refractivity contribution is 0.0923. The van der Waals surface area contributed by atoms with Gasteiger partial charge in [-0.1, -0.05) is 6.92 Å². The molecule has 0 saturated carbocycles. The Labute approximate surface area is 109 Å². The number of hydrogen-bond acceptors (Lipinski definition) is 4. The highest BCUT2D eigenvalue weighted by Gasteiger charge is 2.22. The molecule has 0 saturated heterocycles. The van der Waals surface area contributed by atoms with Crippen LogP contribution in [0.15, 0.2) is 10.7 Å². The fraction of sp³-hybridized carbons (Fsp3) is 0.636. The molecule has 96 valence electrons. The lowest BCUT2D eigenvalue weighted by Crippen LogP contribution is -2.33. The van der Waals surface area contributed by atoms with Crippen molar-refractivity contribution >= 4 is 21.7 Å². The number of carbonyl (C=O) groups excluding carboxylic acids is 1. The quantitative estimate of drug-likeness (QED) is 0.777. The summed E-state index contributed by atoms with van der Waals surface area (Å²) in [6, 6.07) is -0.543. The summed E-state index contributed by atoms with van der Waals surface area (Å²) in [7, 11) is 1.59. The van der Waals surface area contributed by atoms with E-state index < -0.39 is 6.04 Å².